The van der Waals surface area contributed by atoms with Crippen LogP contribution in [-0.2, 0) is 6.42 Å². The Kier molecular flexibility index (Phi) is 5.95. The van der Waals surface area contributed by atoms with E-state index in [0.29, 0.717) is 12.1 Å². The van der Waals surface area contributed by atoms with E-state index in [-0.39, 0.29) is 18.1 Å². The Bertz CT molecular complexity index is 726. The number of rotatable bonds is 6. The summed E-state index contributed by atoms with van der Waals surface area (Å²) in [5, 5.41) is 13.1. The van der Waals surface area contributed by atoms with E-state index in [4.69, 9.17) is 14.5 Å². The molecule has 1 aliphatic carbocycles. The van der Waals surface area contributed by atoms with Crippen molar-refractivity contribution < 1.29 is 9.47 Å². The van der Waals surface area contributed by atoms with Gasteiger partial charge in [-0.3, -0.25) is 4.99 Å². The van der Waals surface area contributed by atoms with Crippen LogP contribution in [0.15, 0.2) is 33.4 Å². The van der Waals surface area contributed by atoms with Gasteiger partial charge < -0.3 is 14.8 Å². The molecule has 2 aliphatic heterocycles. The molecule has 3 aliphatic rings. The maximum Gasteiger partial charge on any atom is 0.122 e. The van der Waals surface area contributed by atoms with Gasteiger partial charge in [0.15, 0.2) is 0 Å². The third kappa shape index (κ3) is 4.22. The fourth-order valence-corrected chi connectivity index (χ4v) is 4.82. The summed E-state index contributed by atoms with van der Waals surface area (Å²) in [5.74, 6) is 1.67. The number of ether oxygens (including phenoxy) is 2. The molecule has 6 heteroatoms. The Morgan fingerprint density at radius 1 is 1.00 bits per heavy atom. The summed E-state index contributed by atoms with van der Waals surface area (Å²) < 4.78 is 10.8. The molecule has 0 radical (unpaired) electrons. The SMILES string of the molecule is COc1cc(CCC2CC(C3NC4CCCCC4N=C3C)N=N2)cc(OC)c1. The summed E-state index contributed by atoms with van der Waals surface area (Å²) in [5.41, 5.74) is 2.43. The number of azo groups is 1. The lowest BCUT2D eigenvalue weighted by Crippen LogP contribution is -2.57. The molecule has 6 nitrogen and oxygen atoms in total. The highest BCUT2D eigenvalue weighted by Crippen LogP contribution is 2.30. The van der Waals surface area contributed by atoms with E-state index in [1.807, 2.05) is 6.07 Å². The largest absolute Gasteiger partial charge is 0.497 e. The van der Waals surface area contributed by atoms with Crippen LogP contribution in [0.25, 0.3) is 0 Å². The van der Waals surface area contributed by atoms with Crippen molar-refractivity contribution in [2.75, 3.05) is 14.2 Å². The van der Waals surface area contributed by atoms with Gasteiger partial charge >= 0.3 is 0 Å². The zero-order valence-corrected chi connectivity index (χ0v) is 17.2. The molecule has 1 saturated carbocycles. The van der Waals surface area contributed by atoms with Crippen molar-refractivity contribution in [3.63, 3.8) is 0 Å². The van der Waals surface area contributed by atoms with Gasteiger partial charge in [-0.1, -0.05) is 12.8 Å². The number of nitrogens with one attached hydrogen (secondary N) is 1. The van der Waals surface area contributed by atoms with E-state index >= 15 is 0 Å². The highest BCUT2D eigenvalue weighted by atomic mass is 16.5. The molecule has 0 saturated heterocycles. The average molecular weight is 385 g/mol. The molecule has 0 bridgehead atoms. The first-order chi connectivity index (χ1) is 13.7. The summed E-state index contributed by atoms with van der Waals surface area (Å²) >= 11 is 0. The van der Waals surface area contributed by atoms with E-state index in [0.717, 1.165) is 30.8 Å². The number of hydrogen-bond donors (Lipinski definition) is 1. The van der Waals surface area contributed by atoms with Crippen LogP contribution in [-0.4, -0.2) is 50.1 Å². The quantitative estimate of drug-likeness (QED) is 0.807. The van der Waals surface area contributed by atoms with Crippen molar-refractivity contribution in [3.05, 3.63) is 23.8 Å². The zero-order valence-electron chi connectivity index (χ0n) is 17.2. The third-order valence-corrected chi connectivity index (χ3v) is 6.40. The van der Waals surface area contributed by atoms with Gasteiger partial charge in [-0.05, 0) is 56.7 Å². The summed E-state index contributed by atoms with van der Waals surface area (Å²) in [4.78, 5) is 5.01. The molecule has 1 aromatic carbocycles. The number of hydrogen-bond acceptors (Lipinski definition) is 6. The first-order valence-electron chi connectivity index (χ1n) is 10.6. The van der Waals surface area contributed by atoms with Crippen molar-refractivity contribution in [2.45, 2.75) is 82.1 Å². The molecule has 4 rings (SSSR count). The molecule has 5 atom stereocenters. The Morgan fingerprint density at radius 3 is 2.50 bits per heavy atom. The van der Waals surface area contributed by atoms with Crippen LogP contribution in [0.3, 0.4) is 0 Å². The fourth-order valence-electron chi connectivity index (χ4n) is 4.82. The first-order valence-corrected chi connectivity index (χ1v) is 10.6. The number of benzene rings is 1. The fraction of sp³-hybridized carbons (Fsp3) is 0.682. The first kappa shape index (κ1) is 19.4. The van der Waals surface area contributed by atoms with Gasteiger partial charge in [-0.2, -0.15) is 10.2 Å². The van der Waals surface area contributed by atoms with E-state index in [2.05, 4.69) is 34.6 Å². The molecule has 1 N–H and O–H groups in total. The lowest BCUT2D eigenvalue weighted by molar-refractivity contribution is 0.290. The molecule has 152 valence electrons. The zero-order chi connectivity index (χ0) is 19.5. The normalized spacial score (nSPS) is 32.0. The standard InChI is InChI=1S/C22H32N4O2/c1-14-22(24-20-7-5-4-6-19(20)23-14)21-12-16(25-26-21)9-8-15-10-17(27-2)13-18(11-15)28-3/h10-11,13,16,19-22,24H,4-9,12H2,1-3H3. The van der Waals surface area contributed by atoms with E-state index in [9.17, 15) is 0 Å². The molecule has 28 heavy (non-hydrogen) atoms. The van der Waals surface area contributed by atoms with Gasteiger partial charge in [-0.25, -0.2) is 0 Å². The van der Waals surface area contributed by atoms with Crippen molar-refractivity contribution in [2.24, 2.45) is 15.2 Å². The second-order valence-electron chi connectivity index (χ2n) is 8.32. The number of methoxy groups -OCH3 is 2. The van der Waals surface area contributed by atoms with Crippen molar-refractivity contribution in [1.82, 2.24) is 5.32 Å². The van der Waals surface area contributed by atoms with Gasteiger partial charge in [0.25, 0.3) is 0 Å². The molecule has 1 aromatic rings. The van der Waals surface area contributed by atoms with Gasteiger partial charge in [-0.15, -0.1) is 0 Å². The molecular formula is C22H32N4O2. The van der Waals surface area contributed by atoms with E-state index in [1.54, 1.807) is 14.2 Å². The minimum atomic E-state index is 0.219. The van der Waals surface area contributed by atoms with E-state index in [1.165, 1.54) is 37.0 Å². The second-order valence-corrected chi connectivity index (χ2v) is 8.32. The van der Waals surface area contributed by atoms with Gasteiger partial charge in [0.05, 0.1) is 38.4 Å². The van der Waals surface area contributed by atoms with Gasteiger partial charge in [0, 0.05) is 17.8 Å². The predicted molar refractivity (Wildman–Crippen MR) is 111 cm³/mol. The topological polar surface area (TPSA) is 67.6 Å². The summed E-state index contributed by atoms with van der Waals surface area (Å²) in [7, 11) is 3.37. The maximum absolute atomic E-state index is 5.38. The summed E-state index contributed by atoms with van der Waals surface area (Å²) in [6, 6.07) is 7.82. The minimum Gasteiger partial charge on any atom is -0.497 e. The van der Waals surface area contributed by atoms with Crippen LogP contribution in [0.5, 0.6) is 11.5 Å². The lowest BCUT2D eigenvalue weighted by atomic mass is 9.85. The van der Waals surface area contributed by atoms with Crippen LogP contribution in [0.1, 0.15) is 51.0 Å². The molecular weight excluding hydrogens is 352 g/mol. The smallest absolute Gasteiger partial charge is 0.122 e. The predicted octanol–water partition coefficient (Wildman–Crippen LogP) is 3.97. The van der Waals surface area contributed by atoms with Crippen molar-refractivity contribution in [1.29, 1.82) is 0 Å². The van der Waals surface area contributed by atoms with Crippen molar-refractivity contribution >= 4 is 5.71 Å². The molecule has 0 spiro atoms. The second kappa shape index (κ2) is 8.60. The Balaban J connectivity index is 1.34. The number of nitrogens with zero attached hydrogens (tertiary/aromatic N) is 3. The van der Waals surface area contributed by atoms with Gasteiger partial charge in [0.2, 0.25) is 0 Å². The van der Waals surface area contributed by atoms with E-state index < -0.39 is 0 Å². The Labute approximate surface area is 167 Å². The van der Waals surface area contributed by atoms with Crippen LogP contribution in [0.2, 0.25) is 0 Å². The lowest BCUT2D eigenvalue weighted by Gasteiger charge is -2.39. The summed E-state index contributed by atoms with van der Waals surface area (Å²) in [6.07, 6.45) is 8.02. The van der Waals surface area contributed by atoms with Crippen LogP contribution in [0.4, 0.5) is 0 Å². The molecule has 5 unspecified atom stereocenters. The molecule has 1 fully saturated rings. The van der Waals surface area contributed by atoms with Gasteiger partial charge in [0.1, 0.15) is 11.5 Å². The van der Waals surface area contributed by atoms with Crippen LogP contribution in [0, 0.1) is 0 Å². The molecule has 2 heterocycles. The maximum atomic E-state index is 5.38. The molecule has 0 amide bonds. The number of fused-ring (bicyclic) bond motifs is 1. The highest BCUT2D eigenvalue weighted by Gasteiger charge is 2.38. The minimum absolute atomic E-state index is 0.219. The van der Waals surface area contributed by atoms with Crippen LogP contribution >= 0.6 is 0 Å². The Morgan fingerprint density at radius 2 is 1.75 bits per heavy atom. The average Bonchev–Trinajstić information content (AvgIpc) is 3.20. The highest BCUT2D eigenvalue weighted by molar-refractivity contribution is 5.89. The summed E-state index contributed by atoms with van der Waals surface area (Å²) in [6.45, 7) is 2.16. The van der Waals surface area contributed by atoms with Crippen molar-refractivity contribution in [3.8, 4) is 11.5 Å². The van der Waals surface area contributed by atoms with Crippen LogP contribution < -0.4 is 14.8 Å². The Hall–Kier alpha value is -1.95. The number of aryl methyl sites for hydroxylation is 1. The monoisotopic (exact) mass is 384 g/mol. The molecule has 0 aromatic heterocycles. The number of aliphatic imine (C=N–C) groups is 1. The third-order valence-electron chi connectivity index (χ3n) is 6.40.